The third-order valence-corrected chi connectivity index (χ3v) is 11.4. The van der Waals surface area contributed by atoms with E-state index in [1.54, 1.807) is 0 Å². The molecule has 0 unspecified atom stereocenters. The highest BCUT2D eigenvalue weighted by atomic mass is 15.1. The molecule has 0 saturated carbocycles. The van der Waals surface area contributed by atoms with Crippen molar-refractivity contribution in [2.75, 3.05) is 4.90 Å². The lowest BCUT2D eigenvalue weighted by Gasteiger charge is -2.27. The minimum Gasteiger partial charge on any atom is -0.308 e. The summed E-state index contributed by atoms with van der Waals surface area (Å²) in [6.45, 7) is 0. The van der Waals surface area contributed by atoms with Gasteiger partial charge in [0.2, 0.25) is 0 Å². The first-order valence-corrected chi connectivity index (χ1v) is 20.1. The van der Waals surface area contributed by atoms with Crippen LogP contribution in [0.5, 0.6) is 0 Å². The molecule has 0 spiro atoms. The Morgan fingerprint density at radius 1 is 0.339 bits per heavy atom. The zero-order valence-corrected chi connectivity index (χ0v) is 32.2. The van der Waals surface area contributed by atoms with Crippen LogP contribution in [0.4, 0.5) is 17.1 Å². The van der Waals surface area contributed by atoms with Gasteiger partial charge in [-0.25, -0.2) is 9.97 Å². The Balaban J connectivity index is 1.07. The molecule has 0 aliphatic carbocycles. The van der Waals surface area contributed by atoms with Crippen LogP contribution in [0.2, 0.25) is 0 Å². The first-order valence-electron chi connectivity index (χ1n) is 20.1. The monoisotopic (exact) mass is 751 g/mol. The maximum Gasteiger partial charge on any atom is 0.0956 e. The van der Waals surface area contributed by atoms with Crippen molar-refractivity contribution < 1.29 is 0 Å². The topological polar surface area (TPSA) is 29.0 Å². The van der Waals surface area contributed by atoms with Gasteiger partial charge in [-0.1, -0.05) is 182 Å². The summed E-state index contributed by atoms with van der Waals surface area (Å²) in [4.78, 5) is 13.1. The first kappa shape index (κ1) is 34.4. The van der Waals surface area contributed by atoms with Crippen molar-refractivity contribution in [1.82, 2.24) is 9.97 Å². The van der Waals surface area contributed by atoms with Gasteiger partial charge in [-0.2, -0.15) is 0 Å². The number of hydrogen-bond acceptors (Lipinski definition) is 3. The SMILES string of the molecule is c1ccc(-c2ccc(-c3cc(-c4ccc(-c5nc6c(N(c7ccccc7)c7ccccc7)cccc6c6c5ccc5ccccc56)cc4)nc4ccccc34)cc2)cc1. The van der Waals surface area contributed by atoms with E-state index in [0.29, 0.717) is 0 Å². The highest BCUT2D eigenvalue weighted by Crippen LogP contribution is 2.44. The lowest BCUT2D eigenvalue weighted by Crippen LogP contribution is -2.11. The molecule has 0 aliphatic heterocycles. The summed E-state index contributed by atoms with van der Waals surface area (Å²) in [5, 5.41) is 7.00. The smallest absolute Gasteiger partial charge is 0.0956 e. The van der Waals surface area contributed by atoms with Gasteiger partial charge in [-0.3, -0.25) is 0 Å². The quantitative estimate of drug-likeness (QED) is 0.152. The lowest BCUT2D eigenvalue weighted by molar-refractivity contribution is 1.28. The van der Waals surface area contributed by atoms with Gasteiger partial charge in [0.1, 0.15) is 0 Å². The molecule has 9 aromatic carbocycles. The van der Waals surface area contributed by atoms with E-state index in [9.17, 15) is 0 Å². The molecule has 2 aromatic heterocycles. The summed E-state index contributed by atoms with van der Waals surface area (Å²) in [6.07, 6.45) is 0. The minimum absolute atomic E-state index is 0.934. The molecule has 0 radical (unpaired) electrons. The standard InChI is InChI=1S/C56H37N3/c1-4-15-38(16-5-1)39-27-29-41(30-28-39)50-37-52(57-51-25-13-12-23-47(50)51)42-31-33-43(34-32-42)55-49-36-35-40-17-10-11-22-46(40)54(49)48-24-14-26-53(56(48)58-55)59(44-18-6-2-7-19-44)45-20-8-3-9-21-45/h1-37H. The molecule has 0 bridgehead atoms. The van der Waals surface area contributed by atoms with E-state index in [4.69, 9.17) is 9.97 Å². The maximum atomic E-state index is 5.62. The largest absolute Gasteiger partial charge is 0.308 e. The van der Waals surface area contributed by atoms with Crippen LogP contribution in [0.1, 0.15) is 0 Å². The van der Waals surface area contributed by atoms with Gasteiger partial charge in [0, 0.05) is 44.0 Å². The number of nitrogens with zero attached hydrogens (tertiary/aromatic N) is 3. The summed E-state index contributed by atoms with van der Waals surface area (Å²) in [5.41, 5.74) is 13.8. The van der Waals surface area contributed by atoms with Gasteiger partial charge in [0.25, 0.3) is 0 Å². The number of pyridine rings is 2. The van der Waals surface area contributed by atoms with Gasteiger partial charge in [0.15, 0.2) is 0 Å². The van der Waals surface area contributed by atoms with Crippen molar-refractivity contribution in [2.24, 2.45) is 0 Å². The maximum absolute atomic E-state index is 5.62. The number of benzene rings is 9. The predicted molar refractivity (Wildman–Crippen MR) is 248 cm³/mol. The van der Waals surface area contributed by atoms with Crippen LogP contribution in [0.15, 0.2) is 224 Å². The van der Waals surface area contributed by atoms with E-state index < -0.39 is 0 Å². The summed E-state index contributed by atoms with van der Waals surface area (Å²) >= 11 is 0. The zero-order chi connectivity index (χ0) is 39.1. The minimum atomic E-state index is 0.934. The Bertz CT molecular complexity index is 3250. The molecule has 276 valence electrons. The molecule has 0 atom stereocenters. The molecule has 11 rings (SSSR count). The Kier molecular flexibility index (Phi) is 8.49. The number of hydrogen-bond donors (Lipinski definition) is 0. The number of rotatable bonds is 7. The molecule has 59 heavy (non-hydrogen) atoms. The second kappa shape index (κ2) is 14.6. The summed E-state index contributed by atoms with van der Waals surface area (Å²) in [6, 6.07) is 79.7. The van der Waals surface area contributed by atoms with Crippen molar-refractivity contribution in [2.45, 2.75) is 0 Å². The number of para-hydroxylation sites is 4. The Morgan fingerprint density at radius 3 is 1.63 bits per heavy atom. The molecule has 0 amide bonds. The number of anilines is 3. The fourth-order valence-electron chi connectivity index (χ4n) is 8.60. The van der Waals surface area contributed by atoms with Gasteiger partial charge < -0.3 is 4.90 Å². The van der Waals surface area contributed by atoms with Crippen molar-refractivity contribution in [3.05, 3.63) is 224 Å². The number of fused-ring (bicyclic) bond motifs is 6. The van der Waals surface area contributed by atoms with Gasteiger partial charge in [-0.15, -0.1) is 0 Å². The van der Waals surface area contributed by atoms with Crippen molar-refractivity contribution in [3.63, 3.8) is 0 Å². The molecule has 0 saturated heterocycles. The van der Waals surface area contributed by atoms with Crippen LogP contribution in [-0.2, 0) is 0 Å². The second-order valence-electron chi connectivity index (χ2n) is 14.9. The fourth-order valence-corrected chi connectivity index (χ4v) is 8.60. The molecule has 2 heterocycles. The molecule has 11 aromatic rings. The molecule has 0 fully saturated rings. The van der Waals surface area contributed by atoms with Crippen LogP contribution >= 0.6 is 0 Å². The average Bonchev–Trinajstić information content (AvgIpc) is 3.32. The Hall–Kier alpha value is -7.88. The lowest BCUT2D eigenvalue weighted by atomic mass is 9.93. The molecule has 3 heteroatoms. The van der Waals surface area contributed by atoms with Crippen LogP contribution in [0.3, 0.4) is 0 Å². The molecule has 3 nitrogen and oxygen atoms in total. The highest BCUT2D eigenvalue weighted by molar-refractivity contribution is 6.24. The van der Waals surface area contributed by atoms with Crippen LogP contribution in [0, 0.1) is 0 Å². The zero-order valence-electron chi connectivity index (χ0n) is 32.2. The van der Waals surface area contributed by atoms with Crippen LogP contribution < -0.4 is 4.90 Å². The number of aromatic nitrogens is 2. The average molecular weight is 752 g/mol. The second-order valence-corrected chi connectivity index (χ2v) is 14.9. The third-order valence-electron chi connectivity index (χ3n) is 11.4. The van der Waals surface area contributed by atoms with E-state index in [2.05, 4.69) is 229 Å². The Labute approximate surface area is 343 Å². The van der Waals surface area contributed by atoms with Gasteiger partial charge in [0.05, 0.1) is 28.1 Å². The molecule has 0 N–H and O–H groups in total. The van der Waals surface area contributed by atoms with Crippen molar-refractivity contribution in [3.8, 4) is 44.8 Å². The predicted octanol–water partition coefficient (Wildman–Crippen LogP) is 15.2. The fraction of sp³-hybridized carbons (Fsp3) is 0. The normalized spacial score (nSPS) is 11.4. The van der Waals surface area contributed by atoms with Gasteiger partial charge >= 0.3 is 0 Å². The third kappa shape index (κ3) is 6.17. The summed E-state index contributed by atoms with van der Waals surface area (Å²) < 4.78 is 0. The van der Waals surface area contributed by atoms with E-state index in [-0.39, 0.29) is 0 Å². The van der Waals surface area contributed by atoms with Crippen LogP contribution in [-0.4, -0.2) is 9.97 Å². The van der Waals surface area contributed by atoms with E-state index in [1.165, 1.54) is 27.3 Å². The molecular formula is C56H37N3. The van der Waals surface area contributed by atoms with E-state index in [0.717, 1.165) is 77.9 Å². The van der Waals surface area contributed by atoms with E-state index >= 15 is 0 Å². The highest BCUT2D eigenvalue weighted by Gasteiger charge is 2.20. The van der Waals surface area contributed by atoms with Gasteiger partial charge in [-0.05, 0) is 75.5 Å². The molecular weight excluding hydrogens is 715 g/mol. The Morgan fingerprint density at radius 2 is 0.898 bits per heavy atom. The van der Waals surface area contributed by atoms with Crippen molar-refractivity contribution in [1.29, 1.82) is 0 Å². The first-order chi connectivity index (χ1) is 29.3. The summed E-state index contributed by atoms with van der Waals surface area (Å²) in [7, 11) is 0. The van der Waals surface area contributed by atoms with Crippen LogP contribution in [0.25, 0.3) is 88.1 Å². The van der Waals surface area contributed by atoms with E-state index in [1.807, 2.05) is 0 Å². The summed E-state index contributed by atoms with van der Waals surface area (Å²) in [5.74, 6) is 0. The molecule has 0 aliphatic rings. The van der Waals surface area contributed by atoms with Crippen molar-refractivity contribution >= 4 is 60.4 Å².